The monoisotopic (exact) mass is 242 g/mol. The molecule has 17 heavy (non-hydrogen) atoms. The standard InChI is InChI=1S/C12H6F4O/c13-6-3-10(15)12(11(16)4-6)8-2-1-7(17)5-9(8)14/h1-5,17H. The zero-order valence-corrected chi connectivity index (χ0v) is 8.35. The normalized spacial score (nSPS) is 10.6. The number of hydrogen-bond acceptors (Lipinski definition) is 1. The second kappa shape index (κ2) is 4.08. The molecular weight excluding hydrogens is 236 g/mol. The Kier molecular flexibility index (Phi) is 2.75. The molecule has 0 spiro atoms. The first-order valence-corrected chi connectivity index (χ1v) is 4.62. The Morgan fingerprint density at radius 1 is 0.765 bits per heavy atom. The quantitative estimate of drug-likeness (QED) is 0.757. The van der Waals surface area contributed by atoms with Crippen molar-refractivity contribution >= 4 is 0 Å². The molecule has 0 amide bonds. The minimum absolute atomic E-state index is 0.367. The third kappa shape index (κ3) is 2.08. The van der Waals surface area contributed by atoms with Crippen LogP contribution in [0.15, 0.2) is 30.3 Å². The van der Waals surface area contributed by atoms with Gasteiger partial charge in [-0.25, -0.2) is 17.6 Å². The molecule has 0 aromatic heterocycles. The first kappa shape index (κ1) is 11.4. The molecule has 0 unspecified atom stereocenters. The third-order valence-corrected chi connectivity index (χ3v) is 2.23. The lowest BCUT2D eigenvalue weighted by Crippen LogP contribution is -1.94. The first-order valence-electron chi connectivity index (χ1n) is 4.62. The van der Waals surface area contributed by atoms with E-state index in [1.807, 2.05) is 0 Å². The van der Waals surface area contributed by atoms with Crippen molar-refractivity contribution < 1.29 is 22.7 Å². The van der Waals surface area contributed by atoms with Crippen LogP contribution in [0.4, 0.5) is 17.6 Å². The fourth-order valence-electron chi connectivity index (χ4n) is 1.51. The molecule has 1 N–H and O–H groups in total. The molecule has 0 atom stereocenters. The third-order valence-electron chi connectivity index (χ3n) is 2.23. The lowest BCUT2D eigenvalue weighted by molar-refractivity contribution is 0.469. The van der Waals surface area contributed by atoms with Gasteiger partial charge in [0.15, 0.2) is 0 Å². The molecule has 2 aromatic rings. The zero-order chi connectivity index (χ0) is 12.6. The Hall–Kier alpha value is -2.04. The maximum atomic E-state index is 13.4. The Labute approximate surface area is 93.9 Å². The second-order valence-electron chi connectivity index (χ2n) is 3.41. The average Bonchev–Trinajstić information content (AvgIpc) is 2.19. The predicted molar refractivity (Wildman–Crippen MR) is 53.4 cm³/mol. The highest BCUT2D eigenvalue weighted by Crippen LogP contribution is 2.30. The van der Waals surface area contributed by atoms with Gasteiger partial charge < -0.3 is 5.11 Å². The van der Waals surface area contributed by atoms with Gasteiger partial charge in [0, 0.05) is 23.8 Å². The van der Waals surface area contributed by atoms with Crippen LogP contribution in [-0.4, -0.2) is 5.11 Å². The number of hydrogen-bond donors (Lipinski definition) is 1. The van der Waals surface area contributed by atoms with Gasteiger partial charge in [-0.05, 0) is 12.1 Å². The van der Waals surface area contributed by atoms with Gasteiger partial charge in [0.05, 0.1) is 5.56 Å². The van der Waals surface area contributed by atoms with E-state index in [0.29, 0.717) is 12.1 Å². The predicted octanol–water partition coefficient (Wildman–Crippen LogP) is 3.62. The molecule has 0 saturated carbocycles. The van der Waals surface area contributed by atoms with Gasteiger partial charge in [-0.2, -0.15) is 0 Å². The molecule has 0 aliphatic rings. The van der Waals surface area contributed by atoms with E-state index < -0.39 is 28.8 Å². The fraction of sp³-hybridized carbons (Fsp3) is 0. The van der Waals surface area contributed by atoms with Crippen molar-refractivity contribution in [2.24, 2.45) is 0 Å². The number of benzene rings is 2. The Balaban J connectivity index is 2.68. The van der Waals surface area contributed by atoms with Gasteiger partial charge in [0.2, 0.25) is 0 Å². The SMILES string of the molecule is Oc1ccc(-c2c(F)cc(F)cc2F)c(F)c1. The van der Waals surface area contributed by atoms with E-state index in [1.165, 1.54) is 0 Å². The summed E-state index contributed by atoms with van der Waals surface area (Å²) in [6, 6.07) is 3.75. The number of phenolic OH excluding ortho intramolecular Hbond substituents is 1. The molecule has 0 bridgehead atoms. The number of phenols is 1. The largest absolute Gasteiger partial charge is 0.508 e. The summed E-state index contributed by atoms with van der Waals surface area (Å²) < 4.78 is 52.8. The zero-order valence-electron chi connectivity index (χ0n) is 8.35. The molecule has 0 fully saturated rings. The fourth-order valence-corrected chi connectivity index (χ4v) is 1.51. The molecule has 0 heterocycles. The first-order chi connectivity index (χ1) is 7.99. The summed E-state index contributed by atoms with van der Waals surface area (Å²) in [5.74, 6) is -4.84. The van der Waals surface area contributed by atoms with Gasteiger partial charge in [-0.1, -0.05) is 0 Å². The van der Waals surface area contributed by atoms with Crippen molar-refractivity contribution in [3.63, 3.8) is 0 Å². The average molecular weight is 242 g/mol. The minimum atomic E-state index is -1.20. The summed E-state index contributed by atoms with van der Waals surface area (Å²) in [6.45, 7) is 0. The summed E-state index contributed by atoms with van der Waals surface area (Å²) in [6.07, 6.45) is 0. The summed E-state index contributed by atoms with van der Waals surface area (Å²) in [7, 11) is 0. The van der Waals surface area contributed by atoms with Gasteiger partial charge in [-0.15, -0.1) is 0 Å². The summed E-state index contributed by atoms with van der Waals surface area (Å²) in [4.78, 5) is 0. The van der Waals surface area contributed by atoms with Crippen LogP contribution in [0.1, 0.15) is 0 Å². The molecular formula is C12H6F4O. The number of rotatable bonds is 1. The number of halogens is 4. The van der Waals surface area contributed by atoms with Crippen molar-refractivity contribution in [3.05, 3.63) is 53.6 Å². The van der Waals surface area contributed by atoms with Crippen LogP contribution in [-0.2, 0) is 0 Å². The van der Waals surface area contributed by atoms with Gasteiger partial charge in [-0.3, -0.25) is 0 Å². The van der Waals surface area contributed by atoms with Crippen LogP contribution in [0, 0.1) is 23.3 Å². The molecule has 2 rings (SSSR count). The van der Waals surface area contributed by atoms with E-state index in [9.17, 15) is 17.6 Å². The van der Waals surface area contributed by atoms with E-state index >= 15 is 0 Å². The lowest BCUT2D eigenvalue weighted by atomic mass is 10.0. The van der Waals surface area contributed by atoms with Crippen LogP contribution >= 0.6 is 0 Å². The summed E-state index contributed by atoms with van der Waals surface area (Å²) in [5.41, 5.74) is -1.04. The molecule has 5 heteroatoms. The Bertz CT molecular complexity index is 558. The molecule has 88 valence electrons. The molecule has 1 nitrogen and oxygen atoms in total. The Morgan fingerprint density at radius 3 is 1.88 bits per heavy atom. The highest BCUT2D eigenvalue weighted by Gasteiger charge is 2.17. The van der Waals surface area contributed by atoms with E-state index in [2.05, 4.69) is 0 Å². The number of aromatic hydroxyl groups is 1. The molecule has 0 saturated heterocycles. The van der Waals surface area contributed by atoms with Gasteiger partial charge in [0.1, 0.15) is 29.0 Å². The highest BCUT2D eigenvalue weighted by molar-refractivity contribution is 5.66. The van der Waals surface area contributed by atoms with Crippen LogP contribution in [0.25, 0.3) is 11.1 Å². The van der Waals surface area contributed by atoms with Crippen LogP contribution in [0.3, 0.4) is 0 Å². The topological polar surface area (TPSA) is 20.2 Å². The van der Waals surface area contributed by atoms with E-state index in [-0.39, 0.29) is 11.3 Å². The highest BCUT2D eigenvalue weighted by atomic mass is 19.1. The van der Waals surface area contributed by atoms with Crippen molar-refractivity contribution in [3.8, 4) is 16.9 Å². The van der Waals surface area contributed by atoms with Crippen LogP contribution < -0.4 is 0 Å². The van der Waals surface area contributed by atoms with E-state index in [1.54, 1.807) is 0 Å². The van der Waals surface area contributed by atoms with Crippen molar-refractivity contribution in [2.45, 2.75) is 0 Å². The molecule has 0 aliphatic heterocycles. The second-order valence-corrected chi connectivity index (χ2v) is 3.41. The molecule has 0 aliphatic carbocycles. The van der Waals surface area contributed by atoms with Crippen LogP contribution in [0.5, 0.6) is 5.75 Å². The lowest BCUT2D eigenvalue weighted by Gasteiger charge is -2.07. The molecule has 0 radical (unpaired) electrons. The van der Waals surface area contributed by atoms with Gasteiger partial charge >= 0.3 is 0 Å². The van der Waals surface area contributed by atoms with Crippen molar-refractivity contribution in [2.75, 3.05) is 0 Å². The van der Waals surface area contributed by atoms with Crippen molar-refractivity contribution in [1.29, 1.82) is 0 Å². The van der Waals surface area contributed by atoms with E-state index in [4.69, 9.17) is 5.11 Å². The smallest absolute Gasteiger partial charge is 0.136 e. The van der Waals surface area contributed by atoms with E-state index in [0.717, 1.165) is 18.2 Å². The van der Waals surface area contributed by atoms with Crippen molar-refractivity contribution in [1.82, 2.24) is 0 Å². The maximum absolute atomic E-state index is 13.4. The summed E-state index contributed by atoms with van der Waals surface area (Å²) in [5, 5.41) is 8.98. The summed E-state index contributed by atoms with van der Waals surface area (Å²) >= 11 is 0. The Morgan fingerprint density at radius 2 is 1.35 bits per heavy atom. The minimum Gasteiger partial charge on any atom is -0.508 e. The maximum Gasteiger partial charge on any atom is 0.136 e. The molecule has 2 aromatic carbocycles. The van der Waals surface area contributed by atoms with Crippen LogP contribution in [0.2, 0.25) is 0 Å². The van der Waals surface area contributed by atoms with Gasteiger partial charge in [0.25, 0.3) is 0 Å².